The fourth-order valence-corrected chi connectivity index (χ4v) is 1.33. The summed E-state index contributed by atoms with van der Waals surface area (Å²) in [6, 6.07) is 3.23. The van der Waals surface area contributed by atoms with Crippen molar-refractivity contribution < 1.29 is 19.8 Å². The molecule has 0 bridgehead atoms. The van der Waals surface area contributed by atoms with Crippen molar-refractivity contribution in [3.8, 4) is 11.5 Å². The smallest absolute Gasteiger partial charge is 0.246 e. The van der Waals surface area contributed by atoms with E-state index < -0.39 is 17.4 Å². The van der Waals surface area contributed by atoms with E-state index in [2.05, 4.69) is 10.6 Å². The number of carbonyl (C=O) groups is 2. The zero-order valence-corrected chi connectivity index (χ0v) is 12.0. The van der Waals surface area contributed by atoms with Crippen LogP contribution in [-0.4, -0.2) is 28.1 Å². The zero-order valence-electron chi connectivity index (χ0n) is 12.0. The molecule has 1 atom stereocenters. The lowest BCUT2D eigenvalue weighted by molar-refractivity contribution is -0.131. The van der Waals surface area contributed by atoms with Crippen molar-refractivity contribution in [2.75, 3.05) is 5.32 Å². The minimum Gasteiger partial charge on any atom is -0.504 e. The number of rotatable bonds is 3. The Morgan fingerprint density at radius 3 is 2.25 bits per heavy atom. The minimum absolute atomic E-state index is 0.228. The molecule has 6 heteroatoms. The van der Waals surface area contributed by atoms with Crippen LogP contribution in [0.2, 0.25) is 0 Å². The van der Waals surface area contributed by atoms with Crippen LogP contribution in [0.25, 0.3) is 0 Å². The van der Waals surface area contributed by atoms with Crippen molar-refractivity contribution in [3.05, 3.63) is 18.2 Å². The number of hydrogen-bond donors (Lipinski definition) is 4. The van der Waals surface area contributed by atoms with E-state index in [-0.39, 0.29) is 17.4 Å². The summed E-state index contributed by atoms with van der Waals surface area (Å²) in [5.41, 5.74) is -0.243. The summed E-state index contributed by atoms with van der Waals surface area (Å²) in [6.45, 7) is 6.83. The van der Waals surface area contributed by atoms with Gasteiger partial charge in [0.2, 0.25) is 11.8 Å². The topological polar surface area (TPSA) is 98.7 Å². The third-order valence-electron chi connectivity index (χ3n) is 2.67. The largest absolute Gasteiger partial charge is 0.504 e. The number of amides is 2. The summed E-state index contributed by atoms with van der Waals surface area (Å²) in [7, 11) is 0. The molecule has 20 heavy (non-hydrogen) atoms. The maximum absolute atomic E-state index is 11.9. The van der Waals surface area contributed by atoms with Crippen LogP contribution in [0.4, 0.5) is 5.69 Å². The van der Waals surface area contributed by atoms with Gasteiger partial charge in [-0.15, -0.1) is 0 Å². The normalized spacial score (nSPS) is 12.6. The van der Waals surface area contributed by atoms with Gasteiger partial charge < -0.3 is 20.8 Å². The molecule has 1 aromatic rings. The summed E-state index contributed by atoms with van der Waals surface area (Å²) >= 11 is 0. The van der Waals surface area contributed by atoms with Crippen molar-refractivity contribution >= 4 is 17.5 Å². The second kappa shape index (κ2) is 5.81. The van der Waals surface area contributed by atoms with Gasteiger partial charge in [-0.1, -0.05) is 20.8 Å². The highest BCUT2D eigenvalue weighted by atomic mass is 16.3. The molecule has 4 N–H and O–H groups in total. The van der Waals surface area contributed by atoms with Crippen molar-refractivity contribution in [2.45, 2.75) is 33.7 Å². The lowest BCUT2D eigenvalue weighted by atomic mass is 9.95. The fraction of sp³-hybridized carbons (Fsp3) is 0.429. The summed E-state index contributed by atoms with van der Waals surface area (Å²) in [5, 5.41) is 23.7. The van der Waals surface area contributed by atoms with Crippen LogP contribution < -0.4 is 10.6 Å². The van der Waals surface area contributed by atoms with Gasteiger partial charge in [0.25, 0.3) is 0 Å². The first kappa shape index (κ1) is 15.8. The van der Waals surface area contributed by atoms with E-state index in [1.54, 1.807) is 27.7 Å². The highest BCUT2D eigenvalue weighted by Crippen LogP contribution is 2.27. The maximum atomic E-state index is 11.9. The molecule has 0 radical (unpaired) electrons. The van der Waals surface area contributed by atoms with Crippen LogP contribution in [-0.2, 0) is 9.59 Å². The lowest BCUT2D eigenvalue weighted by Crippen LogP contribution is -2.46. The van der Waals surface area contributed by atoms with E-state index in [9.17, 15) is 19.8 Å². The lowest BCUT2D eigenvalue weighted by Gasteiger charge is -2.21. The molecule has 110 valence electrons. The van der Waals surface area contributed by atoms with Gasteiger partial charge in [0, 0.05) is 17.2 Å². The Morgan fingerprint density at radius 1 is 1.15 bits per heavy atom. The van der Waals surface area contributed by atoms with Crippen molar-refractivity contribution in [2.24, 2.45) is 5.41 Å². The first-order valence-electron chi connectivity index (χ1n) is 6.25. The van der Waals surface area contributed by atoms with Crippen molar-refractivity contribution in [3.63, 3.8) is 0 Å². The molecule has 0 aromatic heterocycles. The highest BCUT2D eigenvalue weighted by Gasteiger charge is 2.25. The fourth-order valence-electron chi connectivity index (χ4n) is 1.33. The first-order valence-corrected chi connectivity index (χ1v) is 6.25. The van der Waals surface area contributed by atoms with Gasteiger partial charge in [-0.2, -0.15) is 0 Å². The molecule has 0 heterocycles. The Kier molecular flexibility index (Phi) is 4.60. The molecule has 1 aromatic carbocycles. The van der Waals surface area contributed by atoms with Crippen molar-refractivity contribution in [1.82, 2.24) is 5.32 Å². The Balaban J connectivity index is 2.66. The third-order valence-corrected chi connectivity index (χ3v) is 2.67. The van der Waals surface area contributed by atoms with Gasteiger partial charge >= 0.3 is 0 Å². The number of anilines is 1. The zero-order chi connectivity index (χ0) is 15.5. The second-order valence-electron chi connectivity index (χ2n) is 5.64. The van der Waals surface area contributed by atoms with E-state index in [0.717, 1.165) is 0 Å². The van der Waals surface area contributed by atoms with Gasteiger partial charge in [0.1, 0.15) is 6.04 Å². The SMILES string of the molecule is CC(NC(=O)C(C)(C)C)C(=O)Nc1ccc(O)c(O)c1. The van der Waals surface area contributed by atoms with Crippen molar-refractivity contribution in [1.29, 1.82) is 0 Å². The van der Waals surface area contributed by atoms with Crippen LogP contribution in [0.5, 0.6) is 11.5 Å². The minimum atomic E-state index is -0.710. The standard InChI is InChI=1S/C14H20N2O4/c1-8(15-13(20)14(2,3)4)12(19)16-9-5-6-10(17)11(18)7-9/h5-8,17-18H,1-4H3,(H,15,20)(H,16,19). The molecule has 0 fully saturated rings. The van der Waals surface area contributed by atoms with Crippen LogP contribution in [0.15, 0.2) is 18.2 Å². The van der Waals surface area contributed by atoms with Crippen LogP contribution in [0.1, 0.15) is 27.7 Å². The quantitative estimate of drug-likeness (QED) is 0.499. The van der Waals surface area contributed by atoms with E-state index in [4.69, 9.17) is 0 Å². The number of nitrogens with one attached hydrogen (secondary N) is 2. The van der Waals surface area contributed by atoms with Gasteiger partial charge in [-0.05, 0) is 19.1 Å². The first-order chi connectivity index (χ1) is 9.11. The van der Waals surface area contributed by atoms with E-state index in [1.165, 1.54) is 18.2 Å². The third kappa shape index (κ3) is 4.15. The van der Waals surface area contributed by atoms with E-state index >= 15 is 0 Å². The molecule has 1 unspecified atom stereocenters. The average Bonchev–Trinajstić information content (AvgIpc) is 2.32. The molecule has 0 aliphatic carbocycles. The van der Waals surface area contributed by atoms with E-state index in [1.807, 2.05) is 0 Å². The van der Waals surface area contributed by atoms with Gasteiger partial charge in [-0.25, -0.2) is 0 Å². The molecular formula is C14H20N2O4. The Labute approximate surface area is 117 Å². The molecule has 0 saturated carbocycles. The number of aromatic hydroxyl groups is 2. The van der Waals surface area contributed by atoms with Gasteiger partial charge in [0.15, 0.2) is 11.5 Å². The number of phenolic OH excluding ortho intramolecular Hbond substituents is 2. The molecule has 0 saturated heterocycles. The van der Waals surface area contributed by atoms with Crippen LogP contribution >= 0.6 is 0 Å². The highest BCUT2D eigenvalue weighted by molar-refractivity contribution is 5.97. The van der Waals surface area contributed by atoms with Crippen LogP contribution in [0, 0.1) is 5.41 Å². The number of benzene rings is 1. The predicted molar refractivity (Wildman–Crippen MR) is 75.5 cm³/mol. The number of hydrogen-bond acceptors (Lipinski definition) is 4. The number of phenols is 2. The molecule has 2 amide bonds. The van der Waals surface area contributed by atoms with Gasteiger partial charge in [0.05, 0.1) is 0 Å². The summed E-state index contributed by atoms with van der Waals surface area (Å²) in [5.74, 6) is -1.23. The molecular weight excluding hydrogens is 260 g/mol. The second-order valence-corrected chi connectivity index (χ2v) is 5.64. The van der Waals surface area contributed by atoms with Gasteiger partial charge in [-0.3, -0.25) is 9.59 Å². The number of carbonyl (C=O) groups excluding carboxylic acids is 2. The summed E-state index contributed by atoms with van der Waals surface area (Å²) < 4.78 is 0. The van der Waals surface area contributed by atoms with Crippen LogP contribution in [0.3, 0.4) is 0 Å². The Morgan fingerprint density at radius 2 is 1.75 bits per heavy atom. The summed E-state index contributed by atoms with van der Waals surface area (Å²) in [4.78, 5) is 23.7. The molecule has 6 nitrogen and oxygen atoms in total. The predicted octanol–water partition coefficient (Wildman–Crippen LogP) is 1.59. The molecule has 1 rings (SSSR count). The Bertz CT molecular complexity index is 520. The van der Waals surface area contributed by atoms with E-state index in [0.29, 0.717) is 5.69 Å². The Hall–Kier alpha value is -2.24. The monoisotopic (exact) mass is 280 g/mol. The maximum Gasteiger partial charge on any atom is 0.246 e. The molecule has 0 aliphatic heterocycles. The molecule has 0 spiro atoms. The summed E-state index contributed by atoms with van der Waals surface area (Å²) in [6.07, 6.45) is 0. The average molecular weight is 280 g/mol. The molecule has 0 aliphatic rings.